The van der Waals surface area contributed by atoms with Gasteiger partial charge in [-0.3, -0.25) is 9.36 Å². The summed E-state index contributed by atoms with van der Waals surface area (Å²) < 4.78 is 5.69. The van der Waals surface area contributed by atoms with Crippen LogP contribution in [0.25, 0.3) is 22.3 Å². The van der Waals surface area contributed by atoms with Gasteiger partial charge in [-0.1, -0.05) is 89.7 Å². The third kappa shape index (κ3) is 13.7. The second-order valence-corrected chi connectivity index (χ2v) is 25.4. The maximum Gasteiger partial charge on any atom is 0.348 e. The first kappa shape index (κ1) is 55.1. The fourth-order valence-electron chi connectivity index (χ4n) is 6.90. The molecule has 0 fully saturated rings. The molecule has 1 aliphatic rings. The van der Waals surface area contributed by atoms with Crippen LogP contribution in [0.15, 0.2) is 70.0 Å². The van der Waals surface area contributed by atoms with Crippen molar-refractivity contribution < 1.29 is 0 Å². The summed E-state index contributed by atoms with van der Waals surface area (Å²) in [4.78, 5) is 59.5. The zero-order valence-electron chi connectivity index (χ0n) is 45.4. The number of allylic oxidation sites excluding steroid dienone is 1. The molecule has 0 bridgehead atoms. The Hall–Kier alpha value is -5.27. The monoisotopic (exact) mass is 909 g/mol. The van der Waals surface area contributed by atoms with Gasteiger partial charge in [0.05, 0.1) is 29.8 Å². The van der Waals surface area contributed by atoms with Gasteiger partial charge < -0.3 is 19.0 Å². The van der Waals surface area contributed by atoms with Crippen LogP contribution in [0.3, 0.4) is 0 Å². The Morgan fingerprint density at radius 3 is 1.47 bits per heavy atom. The van der Waals surface area contributed by atoms with E-state index in [9.17, 15) is 9.59 Å². The number of hydrogen-bond acceptors (Lipinski definition) is 10. The number of aliphatic imine (C=N–C) groups is 1. The average molecular weight is 909 g/mol. The van der Waals surface area contributed by atoms with Crippen LogP contribution >= 0.6 is 0 Å². The summed E-state index contributed by atoms with van der Waals surface area (Å²) in [6.45, 7) is 56.5. The Labute approximate surface area is 395 Å². The molecule has 0 radical (unpaired) electrons. The second kappa shape index (κ2) is 18.8. The summed E-state index contributed by atoms with van der Waals surface area (Å²) >= 11 is 0. The molecule has 0 aliphatic carbocycles. The lowest BCUT2D eigenvalue weighted by molar-refractivity contribution is 0.253. The van der Waals surface area contributed by atoms with Crippen molar-refractivity contribution in [2.24, 2.45) is 10.4 Å². The van der Waals surface area contributed by atoms with Gasteiger partial charge in [0.15, 0.2) is 16.8 Å². The molecule has 364 valence electrons. The standard InChI is InChI=1S/C14H24N2.C13H20N4O.C13H20N4.C12H20N2O/c1-10-9-16(14(6,7)8)11(2)15-12(10)13(3,4)5;1-12(2,3)11-15-9-8(10(18)16-11)14-7-17(9)13(4,5)6;1-12(2,3)10-9-11(15-7-14-10)17(8-16-9)13(4,5)6;1-11(2,3)9-7-8-14(10(15)13-9)12(4,5)6/h9H,2H2,1,3-8H3;7H,1-6H3,(H,15,16,18);7-8H,1-6H3;7-8H,1-6H3. The Balaban J connectivity index is 0.000000234. The van der Waals surface area contributed by atoms with Crippen molar-refractivity contribution in [1.29, 1.82) is 0 Å². The average Bonchev–Trinajstić information content (AvgIpc) is 3.76. The molecule has 0 saturated carbocycles. The molecule has 5 aromatic heterocycles. The summed E-state index contributed by atoms with van der Waals surface area (Å²) in [5.41, 5.74) is 6.20. The maximum absolute atomic E-state index is 12.0. The predicted octanol–water partition coefficient (Wildman–Crippen LogP) is 11.3. The van der Waals surface area contributed by atoms with E-state index < -0.39 is 0 Å². The highest BCUT2D eigenvalue weighted by atomic mass is 16.1. The van der Waals surface area contributed by atoms with Crippen molar-refractivity contribution >= 4 is 28.0 Å². The Morgan fingerprint density at radius 2 is 1.05 bits per heavy atom. The number of rotatable bonds is 0. The van der Waals surface area contributed by atoms with E-state index in [1.165, 1.54) is 5.57 Å². The molecule has 6 heterocycles. The van der Waals surface area contributed by atoms with E-state index in [1.54, 1.807) is 17.2 Å². The van der Waals surface area contributed by atoms with Crippen LogP contribution in [0.1, 0.15) is 190 Å². The van der Waals surface area contributed by atoms with Crippen LogP contribution in [0.5, 0.6) is 0 Å². The first-order valence-corrected chi connectivity index (χ1v) is 23.0. The van der Waals surface area contributed by atoms with Crippen molar-refractivity contribution in [2.45, 2.75) is 211 Å². The van der Waals surface area contributed by atoms with Gasteiger partial charge in [-0.05, 0) is 102 Å². The molecule has 0 spiro atoms. The van der Waals surface area contributed by atoms with Crippen LogP contribution in [0.2, 0.25) is 0 Å². The van der Waals surface area contributed by atoms with Gasteiger partial charge in [0, 0.05) is 56.2 Å². The molecule has 0 unspecified atom stereocenters. The number of aromatic amines is 1. The van der Waals surface area contributed by atoms with Crippen LogP contribution < -0.4 is 11.2 Å². The van der Waals surface area contributed by atoms with Gasteiger partial charge in [-0.2, -0.15) is 4.98 Å². The predicted molar refractivity (Wildman–Crippen MR) is 274 cm³/mol. The van der Waals surface area contributed by atoms with E-state index in [1.807, 2.05) is 64.7 Å². The summed E-state index contributed by atoms with van der Waals surface area (Å²) in [6.07, 6.45) is 9.16. The number of hydrogen-bond donors (Lipinski definition) is 1. The quantitative estimate of drug-likeness (QED) is 0.160. The minimum absolute atomic E-state index is 0.0156. The van der Waals surface area contributed by atoms with Gasteiger partial charge in [-0.15, -0.1) is 0 Å². The molecular formula is C52H84N12O2. The van der Waals surface area contributed by atoms with Gasteiger partial charge in [0.1, 0.15) is 23.5 Å². The smallest absolute Gasteiger partial charge is 0.328 e. The van der Waals surface area contributed by atoms with E-state index in [0.29, 0.717) is 17.0 Å². The van der Waals surface area contributed by atoms with Crippen molar-refractivity contribution in [3.8, 4) is 0 Å². The molecular weight excluding hydrogens is 825 g/mol. The Bertz CT molecular complexity index is 2680. The molecule has 0 amide bonds. The molecule has 5 aromatic rings. The summed E-state index contributed by atoms with van der Waals surface area (Å²) in [5, 5.41) is 0. The Kier molecular flexibility index (Phi) is 15.7. The third-order valence-corrected chi connectivity index (χ3v) is 10.5. The first-order valence-electron chi connectivity index (χ1n) is 23.0. The second-order valence-electron chi connectivity index (χ2n) is 25.4. The summed E-state index contributed by atoms with van der Waals surface area (Å²) in [6, 6.07) is 1.92. The highest BCUT2D eigenvalue weighted by molar-refractivity contribution is 6.04. The van der Waals surface area contributed by atoms with Crippen LogP contribution in [-0.2, 0) is 32.9 Å². The minimum atomic E-state index is -0.208. The number of imidazole rings is 2. The van der Waals surface area contributed by atoms with Crippen LogP contribution in [0.4, 0.5) is 0 Å². The van der Waals surface area contributed by atoms with Crippen molar-refractivity contribution in [3.63, 3.8) is 0 Å². The largest absolute Gasteiger partial charge is 0.348 e. The molecule has 1 aliphatic heterocycles. The van der Waals surface area contributed by atoms with Gasteiger partial charge in [-0.25, -0.2) is 34.7 Å². The van der Waals surface area contributed by atoms with E-state index in [-0.39, 0.29) is 55.1 Å². The van der Waals surface area contributed by atoms with E-state index in [2.05, 4.69) is 194 Å². The summed E-state index contributed by atoms with van der Waals surface area (Å²) in [7, 11) is 0. The van der Waals surface area contributed by atoms with Crippen LogP contribution in [0, 0.1) is 5.41 Å². The van der Waals surface area contributed by atoms with E-state index in [0.717, 1.165) is 34.1 Å². The Morgan fingerprint density at radius 1 is 0.545 bits per heavy atom. The minimum Gasteiger partial charge on any atom is -0.328 e. The van der Waals surface area contributed by atoms with Gasteiger partial charge >= 0.3 is 5.69 Å². The van der Waals surface area contributed by atoms with E-state index in [4.69, 9.17) is 0 Å². The maximum atomic E-state index is 12.0. The number of nitrogens with one attached hydrogen (secondary N) is 1. The summed E-state index contributed by atoms with van der Waals surface area (Å²) in [5.74, 6) is 1.52. The lowest BCUT2D eigenvalue weighted by Gasteiger charge is -2.39. The molecule has 0 saturated heterocycles. The molecule has 6 rings (SSSR count). The molecule has 66 heavy (non-hydrogen) atoms. The topological polar surface area (TPSA) is 158 Å². The molecule has 14 heteroatoms. The van der Waals surface area contributed by atoms with Crippen molar-refractivity contribution in [1.82, 2.24) is 53.5 Å². The third-order valence-electron chi connectivity index (χ3n) is 10.5. The first-order chi connectivity index (χ1) is 29.5. The van der Waals surface area contributed by atoms with Crippen molar-refractivity contribution in [2.75, 3.05) is 0 Å². The molecule has 0 aromatic carbocycles. The highest BCUT2D eigenvalue weighted by Gasteiger charge is 2.30. The van der Waals surface area contributed by atoms with Crippen LogP contribution in [-0.4, -0.2) is 64.7 Å². The zero-order chi connectivity index (χ0) is 51.1. The zero-order valence-corrected chi connectivity index (χ0v) is 45.4. The molecule has 0 atom stereocenters. The SMILES string of the molecule is C=C1N=C(C(C)(C)C)C(C)=CN1C(C)(C)C.CC(C)(C)c1ccn(C(C)(C)C)c(=O)n1.CC(C)(C)c1nc2c(ncn2C(C)(C)C)c(=O)[nH]1.CC(C)(C)c1ncnc2c1ncn2C(C)(C)C. The lowest BCUT2D eigenvalue weighted by atomic mass is 9.85. The van der Waals surface area contributed by atoms with Crippen molar-refractivity contribution in [3.05, 3.63) is 93.5 Å². The number of nitrogens with zero attached hydrogens (tertiary/aromatic N) is 11. The fraction of sp³-hybridized carbons (Fsp3) is 0.635. The number of aromatic nitrogens is 10. The fourth-order valence-corrected chi connectivity index (χ4v) is 6.90. The number of fused-ring (bicyclic) bond motifs is 2. The lowest BCUT2D eigenvalue weighted by Crippen LogP contribution is -2.39. The van der Waals surface area contributed by atoms with Gasteiger partial charge in [0.2, 0.25) is 0 Å². The molecule has 14 nitrogen and oxygen atoms in total. The van der Waals surface area contributed by atoms with E-state index >= 15 is 0 Å². The number of H-pyrrole nitrogens is 1. The highest BCUT2D eigenvalue weighted by Crippen LogP contribution is 2.32. The molecule has 1 N–H and O–H groups in total. The van der Waals surface area contributed by atoms with Gasteiger partial charge in [0.25, 0.3) is 5.56 Å². The normalized spacial score (nSPS) is 14.4.